The summed E-state index contributed by atoms with van der Waals surface area (Å²) in [5, 5.41) is 0. The molecule has 0 saturated heterocycles. The van der Waals surface area contributed by atoms with E-state index in [2.05, 4.69) is 51.3 Å². The molecule has 1 aromatic carbocycles. The number of allylic oxidation sites excluding steroid dienone is 1. The lowest BCUT2D eigenvalue weighted by Gasteiger charge is -2.43. The number of benzene rings is 1. The highest BCUT2D eigenvalue weighted by molar-refractivity contribution is 5.37. The van der Waals surface area contributed by atoms with Gasteiger partial charge in [0.25, 0.3) is 6.47 Å². The zero-order valence-corrected chi connectivity index (χ0v) is 16.9. The molecule has 1 fully saturated rings. The van der Waals surface area contributed by atoms with Crippen molar-refractivity contribution in [3.63, 3.8) is 0 Å². The summed E-state index contributed by atoms with van der Waals surface area (Å²) < 4.78 is 10.9. The average molecular weight is 371 g/mol. The third-order valence-electron chi connectivity index (χ3n) is 5.89. The van der Waals surface area contributed by atoms with E-state index in [9.17, 15) is 4.79 Å². The Balaban J connectivity index is 2.14. The topological polar surface area (TPSA) is 35.5 Å². The van der Waals surface area contributed by atoms with E-state index in [1.165, 1.54) is 16.7 Å². The highest BCUT2D eigenvalue weighted by Crippen LogP contribution is 2.50. The van der Waals surface area contributed by atoms with Gasteiger partial charge in [0.05, 0.1) is 6.61 Å². The van der Waals surface area contributed by atoms with Crippen LogP contribution in [0.25, 0.3) is 0 Å². The van der Waals surface area contributed by atoms with Crippen LogP contribution in [-0.4, -0.2) is 19.7 Å². The molecule has 0 bridgehead atoms. The van der Waals surface area contributed by atoms with Gasteiger partial charge in [-0.1, -0.05) is 55.8 Å². The first-order valence-corrected chi connectivity index (χ1v) is 10.1. The SMILES string of the molecule is C=C[C@]1(COC=O)CC[C@@H](C(=C)C)[C@H](c2ccc(COCCCC)cc2)C1. The molecule has 2 rings (SSSR count). The Labute approximate surface area is 164 Å². The zero-order valence-electron chi connectivity index (χ0n) is 16.9. The molecule has 0 radical (unpaired) electrons. The van der Waals surface area contributed by atoms with Crippen molar-refractivity contribution in [1.29, 1.82) is 0 Å². The fourth-order valence-corrected chi connectivity index (χ4v) is 4.14. The quantitative estimate of drug-likeness (QED) is 0.280. The number of rotatable bonds is 11. The van der Waals surface area contributed by atoms with Crippen molar-refractivity contribution >= 4 is 6.47 Å². The lowest BCUT2D eigenvalue weighted by molar-refractivity contribution is -0.132. The summed E-state index contributed by atoms with van der Waals surface area (Å²) in [4.78, 5) is 10.7. The van der Waals surface area contributed by atoms with Crippen molar-refractivity contribution in [1.82, 2.24) is 0 Å². The third kappa shape index (κ3) is 5.80. The van der Waals surface area contributed by atoms with E-state index in [-0.39, 0.29) is 5.41 Å². The Morgan fingerprint density at radius 3 is 2.67 bits per heavy atom. The smallest absolute Gasteiger partial charge is 0.293 e. The summed E-state index contributed by atoms with van der Waals surface area (Å²) in [6.07, 6.45) is 7.18. The molecule has 1 aliphatic carbocycles. The maximum Gasteiger partial charge on any atom is 0.293 e. The number of hydrogen-bond donors (Lipinski definition) is 0. The van der Waals surface area contributed by atoms with Gasteiger partial charge >= 0.3 is 0 Å². The minimum atomic E-state index is -0.153. The van der Waals surface area contributed by atoms with Crippen LogP contribution in [0.1, 0.15) is 63.0 Å². The summed E-state index contributed by atoms with van der Waals surface area (Å²) in [6.45, 7) is 15.0. The molecule has 1 saturated carbocycles. The third-order valence-corrected chi connectivity index (χ3v) is 5.89. The number of hydrogen-bond acceptors (Lipinski definition) is 3. The molecule has 1 aromatic rings. The molecule has 0 unspecified atom stereocenters. The van der Waals surface area contributed by atoms with Crippen LogP contribution in [0.2, 0.25) is 0 Å². The molecule has 3 atom stereocenters. The summed E-state index contributed by atoms with van der Waals surface area (Å²) in [5.41, 5.74) is 3.59. The Hall–Kier alpha value is -1.87. The standard InChI is InChI=1S/C24H34O3/c1-5-7-14-26-16-20-8-10-21(11-9-20)23-15-24(6-2,17-27-18-25)13-12-22(23)19(3)4/h6,8-11,18,22-23H,2-3,5,7,12-17H2,1,4H3/t22-,23-,24-/m0/s1. The molecular weight excluding hydrogens is 336 g/mol. The van der Waals surface area contributed by atoms with E-state index in [1.807, 2.05) is 6.08 Å². The average Bonchev–Trinajstić information content (AvgIpc) is 2.70. The molecule has 3 nitrogen and oxygen atoms in total. The molecular formula is C24H34O3. The largest absolute Gasteiger partial charge is 0.467 e. The van der Waals surface area contributed by atoms with Crippen LogP contribution in [0.15, 0.2) is 49.1 Å². The van der Waals surface area contributed by atoms with Crippen molar-refractivity contribution in [2.45, 2.75) is 58.5 Å². The van der Waals surface area contributed by atoms with Crippen molar-refractivity contribution in [2.75, 3.05) is 13.2 Å². The van der Waals surface area contributed by atoms with Crippen molar-refractivity contribution in [3.8, 4) is 0 Å². The van der Waals surface area contributed by atoms with Gasteiger partial charge < -0.3 is 9.47 Å². The Morgan fingerprint density at radius 2 is 2.07 bits per heavy atom. The number of carbonyl (C=O) groups is 1. The Morgan fingerprint density at radius 1 is 1.33 bits per heavy atom. The Kier molecular flexibility index (Phi) is 8.30. The first kappa shape index (κ1) is 21.4. The van der Waals surface area contributed by atoms with E-state index in [0.717, 1.165) is 38.7 Å². The van der Waals surface area contributed by atoms with Crippen LogP contribution in [0.5, 0.6) is 0 Å². The molecule has 0 amide bonds. The van der Waals surface area contributed by atoms with Gasteiger partial charge in [-0.15, -0.1) is 6.58 Å². The van der Waals surface area contributed by atoms with E-state index in [1.54, 1.807) is 0 Å². The summed E-state index contributed by atoms with van der Waals surface area (Å²) in [7, 11) is 0. The summed E-state index contributed by atoms with van der Waals surface area (Å²) in [5.74, 6) is 0.806. The number of carbonyl (C=O) groups excluding carboxylic acids is 1. The zero-order chi connectivity index (χ0) is 19.7. The molecule has 3 heteroatoms. The van der Waals surface area contributed by atoms with Crippen LogP contribution in [0.4, 0.5) is 0 Å². The molecule has 1 aliphatic rings. The van der Waals surface area contributed by atoms with Crippen LogP contribution in [0, 0.1) is 11.3 Å². The predicted octanol–water partition coefficient (Wildman–Crippen LogP) is 5.81. The molecule has 27 heavy (non-hydrogen) atoms. The number of ether oxygens (including phenoxy) is 2. The second-order valence-electron chi connectivity index (χ2n) is 7.92. The van der Waals surface area contributed by atoms with Crippen LogP contribution in [0.3, 0.4) is 0 Å². The van der Waals surface area contributed by atoms with Crippen molar-refractivity contribution in [2.24, 2.45) is 11.3 Å². The van der Waals surface area contributed by atoms with E-state index in [0.29, 0.717) is 31.5 Å². The second-order valence-corrected chi connectivity index (χ2v) is 7.92. The molecule has 0 N–H and O–H groups in total. The summed E-state index contributed by atoms with van der Waals surface area (Å²) >= 11 is 0. The van der Waals surface area contributed by atoms with Crippen LogP contribution < -0.4 is 0 Å². The van der Waals surface area contributed by atoms with Crippen LogP contribution >= 0.6 is 0 Å². The summed E-state index contributed by atoms with van der Waals surface area (Å²) in [6, 6.07) is 8.78. The van der Waals surface area contributed by atoms with Gasteiger partial charge in [0.15, 0.2) is 0 Å². The molecule has 0 spiro atoms. The Bertz CT molecular complexity index is 619. The van der Waals surface area contributed by atoms with Crippen molar-refractivity contribution in [3.05, 3.63) is 60.2 Å². The van der Waals surface area contributed by atoms with E-state index < -0.39 is 0 Å². The molecule has 148 valence electrons. The minimum Gasteiger partial charge on any atom is -0.467 e. The van der Waals surface area contributed by atoms with Gasteiger partial charge in [0.1, 0.15) is 6.61 Å². The lowest BCUT2D eigenvalue weighted by atomic mass is 9.62. The van der Waals surface area contributed by atoms with Gasteiger partial charge in [-0.2, -0.15) is 0 Å². The second kappa shape index (κ2) is 10.5. The fraction of sp³-hybridized carbons (Fsp3) is 0.542. The normalized spacial score (nSPS) is 25.0. The monoisotopic (exact) mass is 370 g/mol. The molecule has 0 aromatic heterocycles. The van der Waals surface area contributed by atoms with E-state index >= 15 is 0 Å². The van der Waals surface area contributed by atoms with Gasteiger partial charge in [-0.05, 0) is 55.6 Å². The highest BCUT2D eigenvalue weighted by Gasteiger charge is 2.40. The maximum atomic E-state index is 10.7. The van der Waals surface area contributed by atoms with E-state index in [4.69, 9.17) is 9.47 Å². The molecule has 0 heterocycles. The lowest BCUT2D eigenvalue weighted by Crippen LogP contribution is -2.35. The molecule has 0 aliphatic heterocycles. The van der Waals surface area contributed by atoms with Gasteiger partial charge in [0, 0.05) is 12.0 Å². The van der Waals surface area contributed by atoms with Gasteiger partial charge in [-0.25, -0.2) is 0 Å². The predicted molar refractivity (Wildman–Crippen MR) is 111 cm³/mol. The van der Waals surface area contributed by atoms with Crippen LogP contribution in [-0.2, 0) is 20.9 Å². The van der Waals surface area contributed by atoms with Gasteiger partial charge in [0.2, 0.25) is 0 Å². The van der Waals surface area contributed by atoms with Crippen molar-refractivity contribution < 1.29 is 14.3 Å². The number of unbranched alkanes of at least 4 members (excludes halogenated alkanes) is 1. The highest BCUT2D eigenvalue weighted by atomic mass is 16.5. The fourth-order valence-electron chi connectivity index (χ4n) is 4.14. The first-order valence-electron chi connectivity index (χ1n) is 10.1. The minimum absolute atomic E-state index is 0.153. The first-order chi connectivity index (χ1) is 13.0. The van der Waals surface area contributed by atoms with Gasteiger partial charge in [-0.3, -0.25) is 4.79 Å². The maximum absolute atomic E-state index is 10.7.